The van der Waals surface area contributed by atoms with E-state index in [9.17, 15) is 5.11 Å². The highest BCUT2D eigenvalue weighted by Crippen LogP contribution is 2.35. The molecule has 0 aromatic heterocycles. The van der Waals surface area contributed by atoms with E-state index in [4.69, 9.17) is 0 Å². The fourth-order valence-corrected chi connectivity index (χ4v) is 2.39. The van der Waals surface area contributed by atoms with Crippen LogP contribution in [0.4, 0.5) is 0 Å². The molecular weight excluding hydrogens is 196 g/mol. The average molecular weight is 210 g/mol. The molecule has 0 heterocycles. The second-order valence-corrected chi connectivity index (χ2v) is 4.67. The van der Waals surface area contributed by atoms with Gasteiger partial charge in [0.2, 0.25) is 0 Å². The Bertz CT molecular complexity index is 579. The maximum absolute atomic E-state index is 10.3. The monoisotopic (exact) mass is 210 g/mol. The molecule has 16 heavy (non-hydrogen) atoms. The Morgan fingerprint density at radius 1 is 1.12 bits per heavy atom. The topological polar surface area (TPSA) is 20.2 Å². The summed E-state index contributed by atoms with van der Waals surface area (Å²) in [6.07, 6.45) is 4.83. The zero-order valence-corrected chi connectivity index (χ0v) is 9.27. The van der Waals surface area contributed by atoms with Crippen molar-refractivity contribution in [3.63, 3.8) is 0 Å². The quantitative estimate of drug-likeness (QED) is 0.706. The number of fused-ring (bicyclic) bond motifs is 2. The van der Waals surface area contributed by atoms with Gasteiger partial charge in [-0.25, -0.2) is 0 Å². The minimum Gasteiger partial charge on any atom is -0.385 e. The molecule has 0 amide bonds. The van der Waals surface area contributed by atoms with Gasteiger partial charge in [0.05, 0.1) is 5.60 Å². The first-order valence-corrected chi connectivity index (χ1v) is 5.59. The predicted molar refractivity (Wildman–Crippen MR) is 67.2 cm³/mol. The van der Waals surface area contributed by atoms with E-state index in [0.717, 1.165) is 11.1 Å². The van der Waals surface area contributed by atoms with Crippen molar-refractivity contribution >= 4 is 16.8 Å². The summed E-state index contributed by atoms with van der Waals surface area (Å²) >= 11 is 0. The van der Waals surface area contributed by atoms with Crippen LogP contribution in [0, 0.1) is 0 Å². The van der Waals surface area contributed by atoms with Crippen LogP contribution in [0.3, 0.4) is 0 Å². The van der Waals surface area contributed by atoms with Crippen LogP contribution < -0.4 is 0 Å². The molecule has 0 radical (unpaired) electrons. The van der Waals surface area contributed by atoms with Gasteiger partial charge < -0.3 is 5.11 Å². The number of aliphatic hydroxyl groups is 1. The molecule has 1 unspecified atom stereocenters. The van der Waals surface area contributed by atoms with Crippen LogP contribution in [-0.2, 0) is 5.60 Å². The third-order valence-corrected chi connectivity index (χ3v) is 3.31. The summed E-state index contributed by atoms with van der Waals surface area (Å²) in [6, 6.07) is 12.5. The second kappa shape index (κ2) is 3.19. The summed E-state index contributed by atoms with van der Waals surface area (Å²) in [5.41, 5.74) is 1.44. The molecule has 1 aliphatic rings. The molecule has 80 valence electrons. The Balaban J connectivity index is 2.35. The lowest BCUT2D eigenvalue weighted by Gasteiger charge is -2.28. The van der Waals surface area contributed by atoms with Crippen LogP contribution in [-0.4, -0.2) is 5.11 Å². The van der Waals surface area contributed by atoms with Gasteiger partial charge in [-0.2, -0.15) is 0 Å². The van der Waals surface area contributed by atoms with Crippen molar-refractivity contribution in [1.29, 1.82) is 0 Å². The standard InChI is InChI=1S/C15H14O/c1-15(16)8-4-7-13-9-11-5-2-3-6-12(11)10-14(13)15/h2-7,9-10,16H,8H2,1H3. The van der Waals surface area contributed by atoms with Gasteiger partial charge in [0, 0.05) is 0 Å². The smallest absolute Gasteiger partial charge is 0.0908 e. The Labute approximate surface area is 95.0 Å². The van der Waals surface area contributed by atoms with Crippen molar-refractivity contribution in [2.45, 2.75) is 18.9 Å². The van der Waals surface area contributed by atoms with Crippen molar-refractivity contribution in [2.24, 2.45) is 0 Å². The summed E-state index contributed by atoms with van der Waals surface area (Å²) < 4.78 is 0. The Kier molecular flexibility index (Phi) is 1.92. The molecule has 1 aliphatic carbocycles. The van der Waals surface area contributed by atoms with E-state index in [-0.39, 0.29) is 0 Å². The Morgan fingerprint density at radius 3 is 2.56 bits per heavy atom. The van der Waals surface area contributed by atoms with Crippen LogP contribution in [0.1, 0.15) is 24.5 Å². The molecule has 1 nitrogen and oxygen atoms in total. The molecule has 1 heteroatoms. The van der Waals surface area contributed by atoms with E-state index < -0.39 is 5.60 Å². The van der Waals surface area contributed by atoms with Gasteiger partial charge in [0.1, 0.15) is 0 Å². The molecular formula is C15H14O. The number of hydrogen-bond acceptors (Lipinski definition) is 1. The number of benzene rings is 2. The first kappa shape index (κ1) is 9.61. The van der Waals surface area contributed by atoms with E-state index >= 15 is 0 Å². The van der Waals surface area contributed by atoms with Gasteiger partial charge >= 0.3 is 0 Å². The molecule has 0 aliphatic heterocycles. The SMILES string of the molecule is CC1(O)CC=Cc2cc3ccccc3cc21. The Morgan fingerprint density at radius 2 is 1.81 bits per heavy atom. The van der Waals surface area contributed by atoms with E-state index in [1.807, 2.05) is 25.1 Å². The molecule has 0 saturated heterocycles. The second-order valence-electron chi connectivity index (χ2n) is 4.67. The third kappa shape index (κ3) is 1.36. The molecule has 2 aromatic rings. The van der Waals surface area contributed by atoms with Crippen LogP contribution in [0.15, 0.2) is 42.5 Å². The highest BCUT2D eigenvalue weighted by Gasteiger charge is 2.26. The highest BCUT2D eigenvalue weighted by molar-refractivity contribution is 5.86. The van der Waals surface area contributed by atoms with Crippen molar-refractivity contribution < 1.29 is 5.11 Å². The Hall–Kier alpha value is -1.60. The van der Waals surface area contributed by atoms with Crippen molar-refractivity contribution in [2.75, 3.05) is 0 Å². The van der Waals surface area contributed by atoms with Crippen LogP contribution >= 0.6 is 0 Å². The number of rotatable bonds is 0. The van der Waals surface area contributed by atoms with E-state index in [0.29, 0.717) is 6.42 Å². The zero-order valence-electron chi connectivity index (χ0n) is 9.27. The summed E-state index contributed by atoms with van der Waals surface area (Å²) in [5, 5.41) is 12.8. The molecule has 0 bridgehead atoms. The molecule has 1 atom stereocenters. The minimum atomic E-state index is -0.728. The van der Waals surface area contributed by atoms with E-state index in [1.54, 1.807) is 0 Å². The maximum Gasteiger partial charge on any atom is 0.0908 e. The number of hydrogen-bond donors (Lipinski definition) is 1. The normalized spacial score (nSPS) is 23.4. The molecule has 3 rings (SSSR count). The predicted octanol–water partition coefficient (Wildman–Crippen LogP) is 3.46. The van der Waals surface area contributed by atoms with Gasteiger partial charge in [-0.1, -0.05) is 36.4 Å². The molecule has 1 N–H and O–H groups in total. The van der Waals surface area contributed by atoms with Crippen LogP contribution in [0.2, 0.25) is 0 Å². The molecule has 0 fully saturated rings. The average Bonchev–Trinajstić information content (AvgIpc) is 2.27. The van der Waals surface area contributed by atoms with E-state index in [1.165, 1.54) is 10.8 Å². The lowest BCUT2D eigenvalue weighted by Crippen LogP contribution is -2.23. The largest absolute Gasteiger partial charge is 0.385 e. The van der Waals surface area contributed by atoms with Crippen molar-refractivity contribution in [1.82, 2.24) is 0 Å². The summed E-state index contributed by atoms with van der Waals surface area (Å²) in [7, 11) is 0. The van der Waals surface area contributed by atoms with Gasteiger partial charge in [0.25, 0.3) is 0 Å². The minimum absolute atomic E-state index is 0.693. The van der Waals surface area contributed by atoms with Crippen LogP contribution in [0.5, 0.6) is 0 Å². The third-order valence-electron chi connectivity index (χ3n) is 3.31. The lowest BCUT2D eigenvalue weighted by molar-refractivity contribution is 0.0594. The van der Waals surface area contributed by atoms with E-state index in [2.05, 4.69) is 30.3 Å². The molecule has 0 spiro atoms. The zero-order chi connectivity index (χ0) is 11.2. The lowest BCUT2D eigenvalue weighted by atomic mass is 9.83. The van der Waals surface area contributed by atoms with Crippen molar-refractivity contribution in [3.05, 3.63) is 53.6 Å². The molecule has 2 aromatic carbocycles. The summed E-state index contributed by atoms with van der Waals surface area (Å²) in [5.74, 6) is 0. The first-order chi connectivity index (χ1) is 7.67. The van der Waals surface area contributed by atoms with Gasteiger partial charge in [-0.15, -0.1) is 0 Å². The first-order valence-electron chi connectivity index (χ1n) is 5.59. The highest BCUT2D eigenvalue weighted by atomic mass is 16.3. The summed E-state index contributed by atoms with van der Waals surface area (Å²) in [6.45, 7) is 1.88. The fourth-order valence-electron chi connectivity index (χ4n) is 2.39. The van der Waals surface area contributed by atoms with Crippen molar-refractivity contribution in [3.8, 4) is 0 Å². The van der Waals surface area contributed by atoms with Gasteiger partial charge in [-0.05, 0) is 47.4 Å². The fraction of sp³-hybridized carbons (Fsp3) is 0.200. The van der Waals surface area contributed by atoms with Gasteiger partial charge in [-0.3, -0.25) is 0 Å². The van der Waals surface area contributed by atoms with Gasteiger partial charge in [0.15, 0.2) is 0 Å². The molecule has 0 saturated carbocycles. The maximum atomic E-state index is 10.3. The summed E-state index contributed by atoms with van der Waals surface area (Å²) in [4.78, 5) is 0. The van der Waals surface area contributed by atoms with Crippen LogP contribution in [0.25, 0.3) is 16.8 Å².